The van der Waals surface area contributed by atoms with E-state index >= 15 is 0 Å². The Morgan fingerprint density at radius 2 is 2.19 bits per heavy atom. The largest absolute Gasteiger partial charge is 0.324 e. The maximum Gasteiger partial charge on any atom is 0.321 e. The number of anilines is 1. The first-order valence-electron chi connectivity index (χ1n) is 9.54. The van der Waals surface area contributed by atoms with Gasteiger partial charge >= 0.3 is 6.03 Å². The van der Waals surface area contributed by atoms with Crippen LogP contribution in [0.3, 0.4) is 0 Å². The molecular weight excluding hydrogens is 348 g/mol. The zero-order chi connectivity index (χ0) is 17.5. The van der Waals surface area contributed by atoms with E-state index in [-0.39, 0.29) is 6.03 Å². The first-order valence-corrected chi connectivity index (χ1v) is 10.4. The fourth-order valence-electron chi connectivity index (χ4n) is 4.57. The number of piperidine rings is 2. The lowest BCUT2D eigenvalue weighted by Gasteiger charge is -2.47. The molecule has 3 fully saturated rings. The van der Waals surface area contributed by atoms with Gasteiger partial charge < -0.3 is 10.2 Å². The number of rotatable bonds is 3. The quantitative estimate of drug-likeness (QED) is 0.868. The standard InChI is InChI=1S/C18H24N6OS/c25-18(21-14-10-20-22-16(14)17-19-6-9-26-17)23-8-5-15-12(11-23)2-1-7-24(15)13-3-4-13/h6,9-10,12-13,15H,1-5,7-8,11H2,(H,20,22)(H,21,25). The van der Waals surface area contributed by atoms with Gasteiger partial charge in [-0.3, -0.25) is 10.00 Å². The maximum absolute atomic E-state index is 12.8. The number of aromatic amines is 1. The first kappa shape index (κ1) is 16.3. The zero-order valence-corrected chi connectivity index (χ0v) is 15.5. The Balaban J connectivity index is 1.25. The van der Waals surface area contributed by atoms with Gasteiger partial charge in [0.05, 0.1) is 11.9 Å². The average molecular weight is 372 g/mol. The summed E-state index contributed by atoms with van der Waals surface area (Å²) in [6.45, 7) is 2.95. The molecule has 2 aromatic heterocycles. The number of amides is 2. The first-order chi connectivity index (χ1) is 12.8. The van der Waals surface area contributed by atoms with E-state index in [1.54, 1.807) is 12.4 Å². The molecular formula is C18H24N6OS. The van der Waals surface area contributed by atoms with Crippen molar-refractivity contribution in [3.8, 4) is 10.7 Å². The number of carbonyl (C=O) groups excluding carboxylic acids is 1. The highest BCUT2D eigenvalue weighted by Crippen LogP contribution is 2.38. The molecule has 2 atom stereocenters. The van der Waals surface area contributed by atoms with Crippen molar-refractivity contribution in [1.29, 1.82) is 0 Å². The van der Waals surface area contributed by atoms with Crippen LogP contribution in [-0.2, 0) is 0 Å². The van der Waals surface area contributed by atoms with Crippen LogP contribution in [0.1, 0.15) is 32.1 Å². The van der Waals surface area contributed by atoms with Gasteiger partial charge in [0.2, 0.25) is 0 Å². The molecule has 2 N–H and O–H groups in total. The Kier molecular flexibility index (Phi) is 4.17. The van der Waals surface area contributed by atoms with Crippen LogP contribution in [0.4, 0.5) is 10.5 Å². The van der Waals surface area contributed by atoms with Crippen LogP contribution < -0.4 is 5.32 Å². The second kappa shape index (κ2) is 6.66. The number of nitrogens with zero attached hydrogens (tertiary/aromatic N) is 4. The summed E-state index contributed by atoms with van der Waals surface area (Å²) in [6.07, 6.45) is 9.76. The van der Waals surface area contributed by atoms with Gasteiger partial charge in [-0.05, 0) is 44.6 Å². The Labute approximate surface area is 156 Å². The number of carbonyl (C=O) groups is 1. The summed E-state index contributed by atoms with van der Waals surface area (Å²) >= 11 is 1.53. The molecule has 0 bridgehead atoms. The van der Waals surface area contributed by atoms with E-state index in [0.29, 0.717) is 17.6 Å². The van der Waals surface area contributed by atoms with Crippen molar-refractivity contribution >= 4 is 23.1 Å². The van der Waals surface area contributed by atoms with Crippen molar-refractivity contribution in [3.05, 3.63) is 17.8 Å². The Bertz CT molecular complexity index is 771. The Hall–Kier alpha value is -1.93. The van der Waals surface area contributed by atoms with Crippen LogP contribution in [0.25, 0.3) is 10.7 Å². The Morgan fingerprint density at radius 3 is 3.00 bits per heavy atom. The van der Waals surface area contributed by atoms with Crippen LogP contribution in [-0.4, -0.2) is 62.7 Å². The highest BCUT2D eigenvalue weighted by Gasteiger charge is 2.42. The molecule has 2 aliphatic heterocycles. The van der Waals surface area contributed by atoms with Crippen LogP contribution in [0, 0.1) is 5.92 Å². The third kappa shape index (κ3) is 3.01. The van der Waals surface area contributed by atoms with Crippen LogP contribution >= 0.6 is 11.3 Å². The number of likely N-dealkylation sites (tertiary alicyclic amines) is 2. The molecule has 26 heavy (non-hydrogen) atoms. The fraction of sp³-hybridized carbons (Fsp3) is 0.611. The third-order valence-corrected chi connectivity index (χ3v) is 6.73. The highest BCUT2D eigenvalue weighted by molar-refractivity contribution is 7.13. The van der Waals surface area contributed by atoms with Crippen molar-refractivity contribution in [2.45, 2.75) is 44.2 Å². The number of aromatic nitrogens is 3. The zero-order valence-electron chi connectivity index (χ0n) is 14.7. The number of hydrogen-bond acceptors (Lipinski definition) is 5. The van der Waals surface area contributed by atoms with E-state index in [9.17, 15) is 4.79 Å². The number of fused-ring (bicyclic) bond motifs is 1. The van der Waals surface area contributed by atoms with Crippen molar-refractivity contribution < 1.29 is 4.79 Å². The molecule has 7 nitrogen and oxygen atoms in total. The van der Waals surface area contributed by atoms with E-state index in [4.69, 9.17) is 0 Å². The predicted octanol–water partition coefficient (Wildman–Crippen LogP) is 3.01. The second-order valence-corrected chi connectivity index (χ2v) is 8.49. The molecule has 2 saturated heterocycles. The fourth-order valence-corrected chi connectivity index (χ4v) is 5.22. The molecule has 138 valence electrons. The molecule has 4 heterocycles. The molecule has 3 aliphatic rings. The minimum atomic E-state index is -0.0220. The Morgan fingerprint density at radius 1 is 1.27 bits per heavy atom. The van der Waals surface area contributed by atoms with Gasteiger partial charge in [0.1, 0.15) is 10.7 Å². The molecule has 1 aliphatic carbocycles. The topological polar surface area (TPSA) is 77.1 Å². The minimum absolute atomic E-state index is 0.0220. The molecule has 0 aromatic carbocycles. The minimum Gasteiger partial charge on any atom is -0.324 e. The van der Waals surface area contributed by atoms with Crippen LogP contribution in [0.2, 0.25) is 0 Å². The summed E-state index contributed by atoms with van der Waals surface area (Å²) in [5, 5.41) is 12.8. The van der Waals surface area contributed by atoms with Crippen molar-refractivity contribution in [1.82, 2.24) is 25.0 Å². The van der Waals surface area contributed by atoms with Crippen LogP contribution in [0.15, 0.2) is 17.8 Å². The van der Waals surface area contributed by atoms with Gasteiger partial charge in [-0.15, -0.1) is 11.3 Å². The highest BCUT2D eigenvalue weighted by atomic mass is 32.1. The molecule has 2 aromatic rings. The molecule has 0 radical (unpaired) electrons. The van der Waals surface area contributed by atoms with Gasteiger partial charge in [0.15, 0.2) is 0 Å². The summed E-state index contributed by atoms with van der Waals surface area (Å²) in [5.41, 5.74) is 1.48. The molecule has 5 rings (SSSR count). The maximum atomic E-state index is 12.8. The van der Waals surface area contributed by atoms with Gasteiger partial charge in [-0.1, -0.05) is 0 Å². The molecule has 8 heteroatoms. The number of H-pyrrole nitrogens is 1. The van der Waals surface area contributed by atoms with Gasteiger partial charge in [-0.2, -0.15) is 5.10 Å². The predicted molar refractivity (Wildman–Crippen MR) is 101 cm³/mol. The van der Waals surface area contributed by atoms with E-state index in [1.165, 1.54) is 43.6 Å². The summed E-state index contributed by atoms with van der Waals surface area (Å²) < 4.78 is 0. The lowest BCUT2D eigenvalue weighted by Crippen LogP contribution is -2.56. The van der Waals surface area contributed by atoms with Crippen molar-refractivity contribution in [3.63, 3.8) is 0 Å². The molecule has 1 saturated carbocycles. The number of hydrogen-bond donors (Lipinski definition) is 2. The average Bonchev–Trinajstić information content (AvgIpc) is 3.16. The summed E-state index contributed by atoms with van der Waals surface area (Å²) in [4.78, 5) is 21.9. The summed E-state index contributed by atoms with van der Waals surface area (Å²) in [7, 11) is 0. The van der Waals surface area contributed by atoms with Gasteiger partial charge in [0, 0.05) is 36.8 Å². The van der Waals surface area contributed by atoms with E-state index in [1.807, 2.05) is 10.3 Å². The normalized spacial score (nSPS) is 26.5. The van der Waals surface area contributed by atoms with E-state index < -0.39 is 0 Å². The lowest BCUT2D eigenvalue weighted by atomic mass is 9.84. The summed E-state index contributed by atoms with van der Waals surface area (Å²) in [6, 6.07) is 1.49. The van der Waals surface area contributed by atoms with Gasteiger partial charge in [0.25, 0.3) is 0 Å². The SMILES string of the molecule is O=C(Nc1cn[nH]c1-c1nccs1)N1CCC2C(CCCN2C2CC2)C1. The van der Waals surface area contributed by atoms with Gasteiger partial charge in [-0.25, -0.2) is 9.78 Å². The molecule has 0 spiro atoms. The van der Waals surface area contributed by atoms with Crippen LogP contribution in [0.5, 0.6) is 0 Å². The molecule has 2 unspecified atom stereocenters. The number of thiazole rings is 1. The van der Waals surface area contributed by atoms with Crippen molar-refractivity contribution in [2.75, 3.05) is 25.0 Å². The lowest BCUT2D eigenvalue weighted by molar-refractivity contribution is 0.0315. The second-order valence-electron chi connectivity index (χ2n) is 7.60. The van der Waals surface area contributed by atoms with E-state index in [0.717, 1.165) is 36.3 Å². The monoisotopic (exact) mass is 372 g/mol. The number of urea groups is 1. The third-order valence-electron chi connectivity index (χ3n) is 5.94. The smallest absolute Gasteiger partial charge is 0.321 e. The summed E-state index contributed by atoms with van der Waals surface area (Å²) in [5.74, 6) is 0.617. The molecule has 2 amide bonds. The number of nitrogens with one attached hydrogen (secondary N) is 2. The van der Waals surface area contributed by atoms with Crippen molar-refractivity contribution in [2.24, 2.45) is 5.92 Å². The van der Waals surface area contributed by atoms with E-state index in [2.05, 4.69) is 25.4 Å².